The van der Waals surface area contributed by atoms with Crippen LogP contribution in [0.15, 0.2) is 47.1 Å². The molecule has 0 N–H and O–H groups in total. The Kier molecular flexibility index (Phi) is 4.33. The Morgan fingerprint density at radius 1 is 1.21 bits per heavy atom. The third-order valence-electron chi connectivity index (χ3n) is 3.20. The Balaban J connectivity index is 2.05. The zero-order valence-corrected chi connectivity index (χ0v) is 13.6. The van der Waals surface area contributed by atoms with Crippen molar-refractivity contribution in [2.75, 3.05) is 7.11 Å². The quantitative estimate of drug-likeness (QED) is 0.716. The highest BCUT2D eigenvalue weighted by Gasteiger charge is 2.22. The Morgan fingerprint density at radius 2 is 1.96 bits per heavy atom. The van der Waals surface area contributed by atoms with Crippen molar-refractivity contribution in [3.63, 3.8) is 0 Å². The van der Waals surface area contributed by atoms with Gasteiger partial charge in [-0.3, -0.25) is 4.79 Å². The smallest absolute Gasteiger partial charge is 0.336 e. The number of aromatic nitrogens is 3. The van der Waals surface area contributed by atoms with Gasteiger partial charge < -0.3 is 13.9 Å². The average molecular weight is 327 g/mol. The SMILES string of the molecule is COc1ccc(-c2nc(OC(C)C)nn2C(=O)c2ccco2)cc1. The van der Waals surface area contributed by atoms with Crippen molar-refractivity contribution in [1.82, 2.24) is 14.8 Å². The van der Waals surface area contributed by atoms with Crippen LogP contribution in [0.25, 0.3) is 11.4 Å². The maximum Gasteiger partial charge on any atom is 0.336 e. The fourth-order valence-corrected chi connectivity index (χ4v) is 2.13. The number of furan rings is 1. The lowest BCUT2D eigenvalue weighted by Gasteiger charge is -2.04. The number of methoxy groups -OCH3 is 1. The minimum Gasteiger partial charge on any atom is -0.497 e. The Bertz CT molecular complexity index is 820. The Hall–Kier alpha value is -3.09. The number of ether oxygens (including phenoxy) is 2. The second-order valence-electron chi connectivity index (χ2n) is 5.31. The van der Waals surface area contributed by atoms with Gasteiger partial charge in [-0.1, -0.05) is 0 Å². The molecular weight excluding hydrogens is 310 g/mol. The van der Waals surface area contributed by atoms with Crippen molar-refractivity contribution in [1.29, 1.82) is 0 Å². The molecule has 0 atom stereocenters. The van der Waals surface area contributed by atoms with Crippen molar-refractivity contribution >= 4 is 5.91 Å². The van der Waals surface area contributed by atoms with E-state index in [1.165, 1.54) is 10.9 Å². The number of carbonyl (C=O) groups is 1. The Labute approximate surface area is 138 Å². The van der Waals surface area contributed by atoms with Gasteiger partial charge in [-0.2, -0.15) is 9.67 Å². The largest absolute Gasteiger partial charge is 0.497 e. The fourth-order valence-electron chi connectivity index (χ4n) is 2.13. The average Bonchev–Trinajstić information content (AvgIpc) is 3.23. The first kappa shape index (κ1) is 15.8. The summed E-state index contributed by atoms with van der Waals surface area (Å²) in [6.45, 7) is 3.73. The molecule has 0 amide bonds. The molecule has 3 aromatic rings. The van der Waals surface area contributed by atoms with Crippen LogP contribution in [0.3, 0.4) is 0 Å². The van der Waals surface area contributed by atoms with Crippen LogP contribution in [0.5, 0.6) is 11.8 Å². The van der Waals surface area contributed by atoms with Gasteiger partial charge in [0.1, 0.15) is 5.75 Å². The summed E-state index contributed by atoms with van der Waals surface area (Å²) in [4.78, 5) is 16.9. The highest BCUT2D eigenvalue weighted by molar-refractivity contribution is 5.94. The van der Waals surface area contributed by atoms with E-state index in [1.54, 1.807) is 43.5 Å². The second kappa shape index (κ2) is 6.57. The van der Waals surface area contributed by atoms with Gasteiger partial charge in [-0.25, -0.2) is 0 Å². The summed E-state index contributed by atoms with van der Waals surface area (Å²) >= 11 is 0. The number of carbonyl (C=O) groups excluding carboxylic acids is 1. The molecule has 0 saturated heterocycles. The molecule has 0 spiro atoms. The highest BCUT2D eigenvalue weighted by atomic mass is 16.5. The van der Waals surface area contributed by atoms with Gasteiger partial charge in [0.15, 0.2) is 11.6 Å². The molecule has 24 heavy (non-hydrogen) atoms. The molecule has 7 nitrogen and oxygen atoms in total. The monoisotopic (exact) mass is 327 g/mol. The third-order valence-corrected chi connectivity index (χ3v) is 3.20. The first-order valence-electron chi connectivity index (χ1n) is 7.45. The van der Waals surface area contributed by atoms with Crippen LogP contribution in [-0.4, -0.2) is 33.9 Å². The van der Waals surface area contributed by atoms with Crippen LogP contribution in [0, 0.1) is 0 Å². The molecule has 7 heteroatoms. The van der Waals surface area contributed by atoms with Gasteiger partial charge in [0, 0.05) is 5.56 Å². The predicted octanol–water partition coefficient (Wildman–Crippen LogP) is 3.02. The minimum atomic E-state index is -0.420. The summed E-state index contributed by atoms with van der Waals surface area (Å²) in [7, 11) is 1.59. The van der Waals surface area contributed by atoms with Crippen LogP contribution in [0.4, 0.5) is 0 Å². The second-order valence-corrected chi connectivity index (χ2v) is 5.31. The molecule has 2 heterocycles. The van der Waals surface area contributed by atoms with Crippen molar-refractivity contribution in [3.05, 3.63) is 48.4 Å². The lowest BCUT2D eigenvalue weighted by atomic mass is 10.2. The Morgan fingerprint density at radius 3 is 2.54 bits per heavy atom. The summed E-state index contributed by atoms with van der Waals surface area (Å²) in [6, 6.07) is 10.5. The van der Waals surface area contributed by atoms with E-state index in [-0.39, 0.29) is 17.9 Å². The molecular formula is C17H17N3O4. The molecule has 0 fully saturated rings. The molecule has 0 aliphatic heterocycles. The van der Waals surface area contributed by atoms with E-state index < -0.39 is 5.91 Å². The molecule has 0 unspecified atom stereocenters. The van der Waals surface area contributed by atoms with Crippen LogP contribution in [-0.2, 0) is 0 Å². The zero-order valence-electron chi connectivity index (χ0n) is 13.6. The van der Waals surface area contributed by atoms with Crippen LogP contribution >= 0.6 is 0 Å². The maximum atomic E-state index is 12.6. The molecule has 124 valence electrons. The topological polar surface area (TPSA) is 79.4 Å². The van der Waals surface area contributed by atoms with Gasteiger partial charge in [0.2, 0.25) is 0 Å². The van der Waals surface area contributed by atoms with Gasteiger partial charge >= 0.3 is 11.9 Å². The van der Waals surface area contributed by atoms with E-state index >= 15 is 0 Å². The molecule has 2 aromatic heterocycles. The minimum absolute atomic E-state index is 0.108. The lowest BCUT2D eigenvalue weighted by molar-refractivity contribution is 0.0915. The molecule has 0 saturated carbocycles. The lowest BCUT2D eigenvalue weighted by Crippen LogP contribution is -2.15. The first-order chi connectivity index (χ1) is 11.6. The molecule has 1 aromatic carbocycles. The zero-order chi connectivity index (χ0) is 17.1. The van der Waals surface area contributed by atoms with Gasteiger partial charge in [-0.05, 0) is 50.2 Å². The third kappa shape index (κ3) is 3.15. The number of hydrogen-bond donors (Lipinski definition) is 0. The molecule has 0 bridgehead atoms. The summed E-state index contributed by atoms with van der Waals surface area (Å²) in [6.07, 6.45) is 1.33. The predicted molar refractivity (Wildman–Crippen MR) is 86.2 cm³/mol. The fraction of sp³-hybridized carbons (Fsp3) is 0.235. The number of rotatable bonds is 5. The molecule has 0 radical (unpaired) electrons. The van der Waals surface area contributed by atoms with E-state index in [4.69, 9.17) is 13.9 Å². The normalized spacial score (nSPS) is 10.8. The van der Waals surface area contributed by atoms with Crippen molar-refractivity contribution in [2.45, 2.75) is 20.0 Å². The summed E-state index contributed by atoms with van der Waals surface area (Å²) in [5, 5.41) is 4.17. The maximum absolute atomic E-state index is 12.6. The summed E-state index contributed by atoms with van der Waals surface area (Å²) < 4.78 is 17.0. The van der Waals surface area contributed by atoms with Crippen molar-refractivity contribution < 1.29 is 18.7 Å². The summed E-state index contributed by atoms with van der Waals surface area (Å²) in [5.41, 5.74) is 0.710. The van der Waals surface area contributed by atoms with Gasteiger partial charge in [0.25, 0.3) is 0 Å². The van der Waals surface area contributed by atoms with E-state index in [0.717, 1.165) is 0 Å². The van der Waals surface area contributed by atoms with E-state index in [9.17, 15) is 4.79 Å². The van der Waals surface area contributed by atoms with E-state index in [2.05, 4.69) is 10.1 Å². The molecule has 0 aliphatic rings. The van der Waals surface area contributed by atoms with Crippen LogP contribution < -0.4 is 9.47 Å². The van der Waals surface area contributed by atoms with Gasteiger partial charge in [-0.15, -0.1) is 5.10 Å². The van der Waals surface area contributed by atoms with Crippen molar-refractivity contribution in [2.24, 2.45) is 0 Å². The van der Waals surface area contributed by atoms with Gasteiger partial charge in [0.05, 0.1) is 19.5 Å². The van der Waals surface area contributed by atoms with E-state index in [1.807, 2.05) is 13.8 Å². The number of hydrogen-bond acceptors (Lipinski definition) is 6. The van der Waals surface area contributed by atoms with Crippen LogP contribution in [0.1, 0.15) is 24.4 Å². The van der Waals surface area contributed by atoms with E-state index in [0.29, 0.717) is 17.1 Å². The van der Waals surface area contributed by atoms with Crippen LogP contribution in [0.2, 0.25) is 0 Å². The van der Waals surface area contributed by atoms with Crippen molar-refractivity contribution in [3.8, 4) is 23.1 Å². The number of benzene rings is 1. The first-order valence-corrected chi connectivity index (χ1v) is 7.45. The molecule has 0 aliphatic carbocycles. The highest BCUT2D eigenvalue weighted by Crippen LogP contribution is 2.24. The number of nitrogens with zero attached hydrogens (tertiary/aromatic N) is 3. The standard InChI is InChI=1S/C17H17N3O4/c1-11(2)24-17-18-15(12-6-8-13(22-3)9-7-12)20(19-17)16(21)14-5-4-10-23-14/h4-11H,1-3H3. The molecule has 3 rings (SSSR count). The summed E-state index contributed by atoms with van der Waals surface area (Å²) in [5.74, 6) is 0.832.